The number of aromatic hydroxyl groups is 1. The number of phenolic OH excluding ortho intramolecular Hbond substituents is 1. The van der Waals surface area contributed by atoms with Crippen LogP contribution in [0.4, 0.5) is 16.0 Å². The molecule has 716 valence electrons. The molecule has 10 aromatic heterocycles. The first kappa shape index (κ1) is 105. The van der Waals surface area contributed by atoms with Gasteiger partial charge in [-0.3, -0.25) is 57.9 Å². The summed E-state index contributed by atoms with van der Waals surface area (Å²) in [6.45, 7) is 26.8. The summed E-state index contributed by atoms with van der Waals surface area (Å²) in [5, 5.41) is 29.3. The van der Waals surface area contributed by atoms with Crippen LogP contribution in [-0.4, -0.2) is 194 Å². The van der Waals surface area contributed by atoms with Gasteiger partial charge in [0.25, 0.3) is 0 Å². The molecule has 0 saturated carbocycles. The summed E-state index contributed by atoms with van der Waals surface area (Å²) in [5.41, 5.74) is 7.41. The largest absolute Gasteiger partial charge is 0.508 e. The van der Waals surface area contributed by atoms with Gasteiger partial charge < -0.3 is 73.0 Å². The van der Waals surface area contributed by atoms with Crippen LogP contribution >= 0.6 is 60.2 Å². The number of carbonyl (C=O) groups is 10. The van der Waals surface area contributed by atoms with Crippen molar-refractivity contribution in [3.05, 3.63) is 230 Å². The number of hydrogen-bond acceptors (Lipinski definition) is 29. The highest BCUT2D eigenvalue weighted by Gasteiger charge is 2.39. The van der Waals surface area contributed by atoms with E-state index >= 15 is 0 Å². The Morgan fingerprint density at radius 2 is 0.810 bits per heavy atom. The van der Waals surface area contributed by atoms with Gasteiger partial charge in [0, 0.05) is 160 Å². The Labute approximate surface area is 816 Å². The maximum atomic E-state index is 13.5. The number of alkyl halides is 1. The molecule has 0 spiro atoms. The molecule has 37 nitrogen and oxygen atoms in total. The van der Waals surface area contributed by atoms with Gasteiger partial charge in [-0.15, -0.1) is 12.4 Å². The highest BCUT2D eigenvalue weighted by Crippen LogP contribution is 2.35. The molecular formula is C95H99Br3ClFN20O17. The number of amides is 3. The number of likely N-dealkylation sites (tertiary alicyclic amines) is 1. The minimum absolute atomic E-state index is 0. The van der Waals surface area contributed by atoms with Crippen LogP contribution in [0.5, 0.6) is 41.0 Å². The number of fused-ring (bicyclic) bond motifs is 4. The van der Waals surface area contributed by atoms with Gasteiger partial charge in [0.05, 0.1) is 30.8 Å². The van der Waals surface area contributed by atoms with Crippen molar-refractivity contribution >= 4 is 174 Å². The molecule has 0 unspecified atom stereocenters. The van der Waals surface area contributed by atoms with Crippen molar-refractivity contribution in [2.45, 2.75) is 172 Å². The van der Waals surface area contributed by atoms with Crippen LogP contribution in [0.3, 0.4) is 0 Å². The minimum atomic E-state index is -0.976. The average Bonchev–Trinajstić information content (AvgIpc) is 1.53. The number of hydrogen-bond donors (Lipinski definition) is 5. The van der Waals surface area contributed by atoms with E-state index in [2.05, 4.69) is 124 Å². The summed E-state index contributed by atoms with van der Waals surface area (Å²) in [6, 6.07) is 19.9. The molecule has 4 atom stereocenters. The molecule has 16 rings (SSSR count). The van der Waals surface area contributed by atoms with Gasteiger partial charge in [-0.1, -0.05) is 6.92 Å². The summed E-state index contributed by atoms with van der Waals surface area (Å²) in [4.78, 5) is 172. The lowest BCUT2D eigenvalue weighted by Gasteiger charge is -2.24. The average molecular weight is 2090 g/mol. The van der Waals surface area contributed by atoms with Crippen molar-refractivity contribution in [1.29, 1.82) is 0 Å². The van der Waals surface area contributed by atoms with E-state index in [1.54, 1.807) is 174 Å². The summed E-state index contributed by atoms with van der Waals surface area (Å²) in [7, 11) is 0. The monoisotopic (exact) mass is 2080 g/mol. The molecule has 14 aromatic rings. The second-order valence-corrected chi connectivity index (χ2v) is 36.1. The normalized spacial score (nSPS) is 14.2. The number of aromatic nitrogens is 16. The second kappa shape index (κ2) is 46.9. The summed E-state index contributed by atoms with van der Waals surface area (Å²) in [5.74, 6) is -0.706. The molecule has 2 fully saturated rings. The van der Waals surface area contributed by atoms with Crippen LogP contribution in [0.25, 0.3) is 43.6 Å². The zero-order valence-electron chi connectivity index (χ0n) is 77.2. The van der Waals surface area contributed by atoms with Crippen molar-refractivity contribution in [3.8, 4) is 41.0 Å². The summed E-state index contributed by atoms with van der Waals surface area (Å²) in [6.07, 6.45) is 25.7. The molecule has 0 radical (unpaired) electrons. The van der Waals surface area contributed by atoms with Crippen molar-refractivity contribution in [2.75, 3.05) is 23.7 Å². The number of nitrogens with zero attached hydrogens (tertiary/aromatic N) is 17. The Morgan fingerprint density at radius 1 is 0.467 bits per heavy atom. The van der Waals surface area contributed by atoms with Gasteiger partial charge in [-0.25, -0.2) is 54.2 Å². The SMILES string of the molecule is CC(=O)c1cn(CC(=O)N2C[C@H](C)C[C@H]2C(=O)Nc2cncc(Br)n2)c2ccc(Oc3ncc(C)cn3)cc12.CC(=O)c1cn(CC(=O)O)c2ccc(Oc3ncc(C)cn3)cc12.CC(=O)c1cn(CC(=O)OC(C)(C)C)c2ccc(O)cc12.CC(=O)c1cn(CC(=O)OC(C)(C)C)c2ccc(Oc3ncc(C)cn3)cc12.Cc1cnc(Br)nc1.Cl.O=C(Nc1cncc(Br)n1)[C@@H]1C[C@@H](F)CN1. The first-order valence-electron chi connectivity index (χ1n) is 42.3. The summed E-state index contributed by atoms with van der Waals surface area (Å²) >= 11 is 9.51. The molecule has 2 saturated heterocycles. The minimum Gasteiger partial charge on any atom is -0.508 e. The van der Waals surface area contributed by atoms with Crippen LogP contribution in [-0.2, 0) is 64.4 Å². The van der Waals surface area contributed by atoms with E-state index in [4.69, 9.17) is 28.8 Å². The van der Waals surface area contributed by atoms with Crippen LogP contribution in [0.2, 0.25) is 0 Å². The first-order valence-corrected chi connectivity index (χ1v) is 44.7. The number of aryl methyl sites for hydroxylation is 4. The standard InChI is InChI=1S/C27H26BrN7O4.C21H23N3O4.C17H15N3O4.C16H19NO4.C9H10BrFN4O.C5H5BrN2.ClH/c1-15-6-22(26(38)33-24-11-29-10-23(28)32-24)35(12-15)25(37)14-34-13-20(17(3)36)19-7-18(4-5-21(19)34)39-27-30-8-16(2)9-31-27;1-13-9-22-20(23-10-13)27-15-6-7-18-16(8-15)17(14(2)25)11-24(18)12-19(26)28-21(3,4)5;1-10-6-18-17(19-7-10)24-12-3-4-15-13(5-12)14(11(2)21)8-20(15)9-16(22)23;1-10(18)13-8-17(9-15(20)21-16(2,3)4)14-6-5-11(19)7-12(13)14;10-7-3-12-4-8(14-7)15-9(16)6-1-5(11)2-13-6;1-4-2-7-5(6)8-3-4;/h4-5,7-11,13,15,22H,6,12,14H2,1-3H3,(H,32,33,38);6-11H,12H2,1-5H3;3-8H,9H2,1-2H3,(H,22,23);5-8,19H,9H2,1-4H3;3-6,13H,1-2H2,(H,14,15,16);2-3H,1H3;1H/t15-,22+;;;;5-,6+;;/m1...1../s1. The number of carbonyl (C=O) groups excluding carboxylic acids is 9. The third-order valence-electron chi connectivity index (χ3n) is 19.9. The predicted octanol–water partition coefficient (Wildman–Crippen LogP) is 16.8. The van der Waals surface area contributed by atoms with Gasteiger partial charge in [-0.2, -0.15) is 0 Å². The number of aliphatic carboxylic acids is 1. The lowest BCUT2D eigenvalue weighted by molar-refractivity contribution is -0.156. The molecule has 4 aromatic carbocycles. The van der Waals surface area contributed by atoms with Gasteiger partial charge in [0.15, 0.2) is 39.5 Å². The van der Waals surface area contributed by atoms with Crippen molar-refractivity contribution in [1.82, 2.24) is 88.3 Å². The highest BCUT2D eigenvalue weighted by atomic mass is 79.9. The fraction of sp³-hybridized carbons (Fsp3) is 0.305. The Hall–Kier alpha value is -14.2. The van der Waals surface area contributed by atoms with Crippen LogP contribution < -0.4 is 30.2 Å². The number of carboxylic acids is 1. The molecule has 0 bridgehead atoms. The number of benzene rings is 4. The Morgan fingerprint density at radius 3 is 1.15 bits per heavy atom. The Balaban J connectivity index is 0.000000177. The molecule has 137 heavy (non-hydrogen) atoms. The third kappa shape index (κ3) is 30.2. The zero-order chi connectivity index (χ0) is 98.7. The van der Waals surface area contributed by atoms with Gasteiger partial charge in [0.2, 0.25) is 17.7 Å². The lowest BCUT2D eigenvalue weighted by Crippen LogP contribution is -2.44. The third-order valence-corrected chi connectivity index (χ3v) is 21.1. The maximum absolute atomic E-state index is 13.5. The van der Waals surface area contributed by atoms with Gasteiger partial charge in [0.1, 0.15) is 81.8 Å². The smallest absolute Gasteiger partial charge is 0.326 e. The summed E-state index contributed by atoms with van der Waals surface area (Å²) < 4.78 is 48.9. The number of phenols is 1. The maximum Gasteiger partial charge on any atom is 0.326 e. The molecule has 12 heterocycles. The number of carboxylic acid groups (broad SMARTS) is 1. The topological polar surface area (TPSA) is 471 Å². The van der Waals surface area contributed by atoms with E-state index in [-0.39, 0.29) is 134 Å². The van der Waals surface area contributed by atoms with Crippen molar-refractivity contribution in [2.24, 2.45) is 5.92 Å². The highest BCUT2D eigenvalue weighted by molar-refractivity contribution is 9.11. The van der Waals surface area contributed by atoms with E-state index in [1.165, 1.54) is 69.2 Å². The fourth-order valence-corrected chi connectivity index (χ4v) is 14.9. The number of Topliss-reactive ketones (excluding diaryl/α,β-unsaturated/α-hetero) is 4. The number of esters is 2. The van der Waals surface area contributed by atoms with Crippen LogP contribution in [0.15, 0.2) is 186 Å². The van der Waals surface area contributed by atoms with Crippen LogP contribution in [0, 0.1) is 33.6 Å². The molecule has 42 heteroatoms. The molecule has 3 amide bonds. The Kier molecular flexibility index (Phi) is 35.9. The number of ketones is 4. The van der Waals surface area contributed by atoms with Gasteiger partial charge >= 0.3 is 35.9 Å². The molecule has 2 aliphatic heterocycles. The zero-order valence-corrected chi connectivity index (χ0v) is 82.7. The molecule has 5 N–H and O–H groups in total. The molecular weight excluding hydrogens is 1990 g/mol. The second-order valence-electron chi connectivity index (χ2n) is 33.8. The van der Waals surface area contributed by atoms with E-state index in [9.17, 15) is 57.4 Å². The first-order chi connectivity index (χ1) is 64.3. The van der Waals surface area contributed by atoms with E-state index < -0.39 is 35.4 Å². The number of ether oxygens (including phenoxy) is 5. The van der Waals surface area contributed by atoms with Gasteiger partial charge in [-0.05, 0) is 252 Å². The number of anilines is 2. The Bertz CT molecular complexity index is 6750. The van der Waals surface area contributed by atoms with Crippen molar-refractivity contribution in [3.63, 3.8) is 0 Å². The number of halogens is 5. The van der Waals surface area contributed by atoms with E-state index in [0.29, 0.717) is 116 Å². The quantitative estimate of drug-likeness (QED) is 0.0239. The predicted molar refractivity (Wildman–Crippen MR) is 518 cm³/mol. The van der Waals surface area contributed by atoms with E-state index in [1.807, 2.05) is 55.4 Å². The van der Waals surface area contributed by atoms with Crippen LogP contribution in [0.1, 0.15) is 153 Å². The molecule has 0 aliphatic carbocycles. The number of rotatable bonds is 22. The van der Waals surface area contributed by atoms with Crippen molar-refractivity contribution < 1.29 is 86.2 Å². The van der Waals surface area contributed by atoms with E-state index in [0.717, 1.165) is 27.8 Å². The lowest BCUT2D eigenvalue weighted by atomic mass is 10.1. The fourth-order valence-electron chi connectivity index (χ4n) is 14.0. The number of nitrogens with one attached hydrogen (secondary N) is 3. The molecule has 2 aliphatic rings.